The van der Waals surface area contributed by atoms with Gasteiger partial charge in [-0.15, -0.1) is 0 Å². The molecule has 0 aliphatic carbocycles. The quantitative estimate of drug-likeness (QED) is 0.0390. The number of aliphatic carboxylic acids is 1. The fourth-order valence-electron chi connectivity index (χ4n) is 5.60. The van der Waals surface area contributed by atoms with Crippen LogP contribution in [0.2, 0.25) is 0 Å². The van der Waals surface area contributed by atoms with Gasteiger partial charge < -0.3 is 48.2 Å². The minimum absolute atomic E-state index is 0.0478. The molecule has 0 aromatic heterocycles. The molecular weight excluding hydrogens is 702 g/mol. The number of phenols is 1. The van der Waals surface area contributed by atoms with E-state index in [2.05, 4.69) is 21.3 Å². The van der Waals surface area contributed by atoms with Gasteiger partial charge in [-0.25, -0.2) is 0 Å². The third-order valence-electron chi connectivity index (χ3n) is 8.42. The van der Waals surface area contributed by atoms with Gasteiger partial charge in [0.1, 0.15) is 29.9 Å². The van der Waals surface area contributed by atoms with Crippen molar-refractivity contribution in [2.45, 2.75) is 104 Å². The third-order valence-corrected chi connectivity index (χ3v) is 8.42. The Morgan fingerprint density at radius 3 is 1.83 bits per heavy atom. The van der Waals surface area contributed by atoms with E-state index in [9.17, 15) is 49.0 Å². The molecule has 10 N–H and O–H groups in total. The molecule has 0 aliphatic heterocycles. The number of carbonyl (C=O) groups is 7. The van der Waals surface area contributed by atoms with E-state index in [0.717, 1.165) is 16.7 Å². The number of nitrogens with zero attached hydrogens (tertiary/aromatic N) is 1. The summed E-state index contributed by atoms with van der Waals surface area (Å²) in [6.45, 7) is 10.4. The lowest BCUT2D eigenvalue weighted by atomic mass is 9.99. The van der Waals surface area contributed by atoms with Gasteiger partial charge >= 0.3 is 5.97 Å². The lowest BCUT2D eigenvalue weighted by molar-refractivity contribution is -0.483. The molecule has 0 heterocycles. The van der Waals surface area contributed by atoms with E-state index in [1.807, 2.05) is 32.9 Å². The molecule has 0 aliphatic rings. The molecule has 6 amide bonds. The molecule has 2 aromatic carbocycles. The van der Waals surface area contributed by atoms with Crippen LogP contribution in [0.15, 0.2) is 36.4 Å². The highest BCUT2D eigenvalue weighted by Crippen LogP contribution is 2.17. The second-order valence-corrected chi connectivity index (χ2v) is 13.7. The van der Waals surface area contributed by atoms with Crippen LogP contribution in [-0.4, -0.2) is 92.8 Å². The van der Waals surface area contributed by atoms with Gasteiger partial charge in [-0.1, -0.05) is 43.7 Å². The largest absolute Gasteiger partial charge is 0.623 e. The van der Waals surface area contributed by atoms with Crippen molar-refractivity contribution < 1.29 is 48.5 Å². The first-order chi connectivity index (χ1) is 25.2. The number of nitrogens with one attached hydrogen (secondary N) is 4. The number of carboxylic acid groups (broad SMARTS) is 1. The van der Waals surface area contributed by atoms with Crippen LogP contribution in [0.25, 0.3) is 0 Å². The minimum Gasteiger partial charge on any atom is -0.623 e. The maximum absolute atomic E-state index is 13.8. The molecule has 0 fully saturated rings. The minimum atomic E-state index is -1.76. The smallest absolute Gasteiger partial charge is 0.305 e. The Morgan fingerprint density at radius 2 is 1.31 bits per heavy atom. The Morgan fingerprint density at radius 1 is 0.796 bits per heavy atom. The molecule has 17 nitrogen and oxygen atoms in total. The number of rotatable bonds is 20. The van der Waals surface area contributed by atoms with Gasteiger partial charge in [-0.3, -0.25) is 33.6 Å². The van der Waals surface area contributed by atoms with Gasteiger partial charge in [0.2, 0.25) is 35.6 Å². The Balaban J connectivity index is 2.47. The summed E-state index contributed by atoms with van der Waals surface area (Å²) in [5, 5.41) is 42.5. The van der Waals surface area contributed by atoms with Crippen LogP contribution < -0.4 is 32.7 Å². The van der Waals surface area contributed by atoms with Crippen molar-refractivity contribution in [1.29, 1.82) is 0 Å². The topological polar surface area (TPSA) is 286 Å². The second-order valence-electron chi connectivity index (χ2n) is 13.7. The average molecular weight is 754 g/mol. The molecule has 54 heavy (non-hydrogen) atoms. The van der Waals surface area contributed by atoms with Gasteiger partial charge in [0.15, 0.2) is 6.21 Å². The summed E-state index contributed by atoms with van der Waals surface area (Å²) in [5.41, 5.74) is 14.1. The van der Waals surface area contributed by atoms with E-state index >= 15 is 0 Å². The van der Waals surface area contributed by atoms with Crippen molar-refractivity contribution >= 4 is 47.6 Å². The van der Waals surface area contributed by atoms with Gasteiger partial charge in [0.25, 0.3) is 5.91 Å². The maximum atomic E-state index is 13.8. The van der Waals surface area contributed by atoms with Crippen molar-refractivity contribution in [2.75, 3.05) is 0 Å². The van der Waals surface area contributed by atoms with Crippen LogP contribution in [0.3, 0.4) is 0 Å². The lowest BCUT2D eigenvalue weighted by Crippen LogP contribution is -2.59. The molecule has 0 spiro atoms. The molecule has 0 unspecified atom stereocenters. The van der Waals surface area contributed by atoms with E-state index in [-0.39, 0.29) is 37.4 Å². The zero-order valence-corrected chi connectivity index (χ0v) is 31.3. The number of nitrogens with two attached hydrogens (primary N) is 2. The van der Waals surface area contributed by atoms with E-state index in [4.69, 9.17) is 11.5 Å². The summed E-state index contributed by atoms with van der Waals surface area (Å²) in [6, 6.07) is 2.11. The number of hydrogen-bond donors (Lipinski definition) is 8. The summed E-state index contributed by atoms with van der Waals surface area (Å²) in [4.78, 5) is 89.2. The number of hydroxylamine groups is 1. The number of carbonyl (C=O) groups excluding carboxylic acids is 6. The molecular formula is C37H51N7O10. The van der Waals surface area contributed by atoms with E-state index < -0.39 is 78.0 Å². The van der Waals surface area contributed by atoms with Gasteiger partial charge in [-0.2, -0.15) is 4.74 Å². The number of amides is 6. The van der Waals surface area contributed by atoms with Crippen LogP contribution in [0.1, 0.15) is 74.3 Å². The average Bonchev–Trinajstić information content (AvgIpc) is 3.06. The molecule has 0 bridgehead atoms. The predicted molar refractivity (Wildman–Crippen MR) is 198 cm³/mol. The first-order valence-corrected chi connectivity index (χ1v) is 17.3. The van der Waals surface area contributed by atoms with Crippen molar-refractivity contribution in [2.24, 2.45) is 17.4 Å². The monoisotopic (exact) mass is 753 g/mol. The van der Waals surface area contributed by atoms with Gasteiger partial charge in [0, 0.05) is 24.8 Å². The van der Waals surface area contributed by atoms with Crippen molar-refractivity contribution in [3.63, 3.8) is 0 Å². The molecule has 17 heteroatoms. The fraction of sp³-hybridized carbons (Fsp3) is 0.459. The van der Waals surface area contributed by atoms with Crippen LogP contribution in [0.5, 0.6) is 5.75 Å². The van der Waals surface area contributed by atoms with Crippen molar-refractivity contribution in [1.82, 2.24) is 21.3 Å². The number of primary amides is 2. The van der Waals surface area contributed by atoms with E-state index in [0.29, 0.717) is 15.9 Å². The molecule has 0 radical (unpaired) electrons. The summed E-state index contributed by atoms with van der Waals surface area (Å²) >= 11 is 0. The van der Waals surface area contributed by atoms with E-state index in [1.54, 1.807) is 13.8 Å². The number of carboxylic acids is 1. The molecule has 0 saturated heterocycles. The summed E-state index contributed by atoms with van der Waals surface area (Å²) < 4.78 is 0.479. The number of hydrogen-bond acceptors (Lipinski definition) is 9. The van der Waals surface area contributed by atoms with E-state index in [1.165, 1.54) is 37.4 Å². The highest BCUT2D eigenvalue weighted by atomic mass is 16.5. The van der Waals surface area contributed by atoms with Crippen LogP contribution >= 0.6 is 0 Å². The zero-order chi connectivity index (χ0) is 40.9. The third kappa shape index (κ3) is 14.2. The maximum Gasteiger partial charge on any atom is 0.305 e. The highest BCUT2D eigenvalue weighted by molar-refractivity contribution is 5.97. The SMILES string of the molecule is Cc1cc(C)c(/C=[N+](\[O-])[C@@H](CC(C)C)C(=O)N[C@@H](CC(=O)O)C(=O)N[C@@H](Cc2ccc(O)cc2)C(=O)N[C@@H](CCC(N)=O)C(=O)N[C@@H](C)C(N)=O)c(C)c1. The normalized spacial score (nSPS) is 14.2. The first kappa shape index (κ1) is 44.2. The summed E-state index contributed by atoms with van der Waals surface area (Å²) in [7, 11) is 0. The van der Waals surface area contributed by atoms with Crippen LogP contribution in [0.4, 0.5) is 0 Å². The Bertz CT molecular complexity index is 1720. The molecule has 2 aromatic rings. The van der Waals surface area contributed by atoms with Crippen LogP contribution in [0, 0.1) is 31.9 Å². The molecule has 2 rings (SSSR count). The highest BCUT2D eigenvalue weighted by Gasteiger charge is 2.35. The lowest BCUT2D eigenvalue weighted by Gasteiger charge is -2.26. The zero-order valence-electron chi connectivity index (χ0n) is 31.3. The first-order valence-electron chi connectivity index (χ1n) is 17.3. The Labute approximate surface area is 313 Å². The molecule has 5 atom stereocenters. The predicted octanol–water partition coefficient (Wildman–Crippen LogP) is 0.0887. The number of aryl methyl sites for hydroxylation is 3. The van der Waals surface area contributed by atoms with Crippen molar-refractivity contribution in [3.05, 3.63) is 69.4 Å². The van der Waals surface area contributed by atoms with Crippen LogP contribution in [-0.2, 0) is 40.0 Å². The van der Waals surface area contributed by atoms with Gasteiger partial charge in [0.05, 0.1) is 6.42 Å². The molecule has 294 valence electrons. The number of phenolic OH excluding ortho intramolecular Hbond substituents is 1. The standard InChI is InChI=1S/C37H51N7O10/c1-19(2)13-30(44(54)18-26-21(4)14-20(3)15-22(26)5)37(53)43-29(17-32(47)48)36(52)42-28(16-24-7-9-25(45)10-8-24)35(51)41-27(11-12-31(38)46)34(50)40-23(6)33(39)49/h7-10,14-15,18-19,23,27-30,45H,11-13,16-17H2,1-6H3,(H2,38,46)(H2,39,49)(H,40,50)(H,41,51)(H,42,52)(H,43,53)(H,47,48)/b44-18-/t23-,27-,28-,29-,30-/m0/s1. The number of benzene rings is 2. The number of aromatic hydroxyl groups is 1. The fourth-order valence-corrected chi connectivity index (χ4v) is 5.60. The Hall–Kier alpha value is -6.00. The van der Waals surface area contributed by atoms with Gasteiger partial charge in [-0.05, 0) is 68.9 Å². The Kier molecular flexibility index (Phi) is 16.6. The summed E-state index contributed by atoms with van der Waals surface area (Å²) in [6.07, 6.45) is -0.478. The summed E-state index contributed by atoms with van der Waals surface area (Å²) in [5.74, 6) is -7.26. The second kappa shape index (κ2) is 20.3. The van der Waals surface area contributed by atoms with Crippen molar-refractivity contribution in [3.8, 4) is 5.75 Å². The molecule has 0 saturated carbocycles.